The van der Waals surface area contributed by atoms with Gasteiger partial charge in [-0.15, -0.1) is 11.8 Å². The van der Waals surface area contributed by atoms with Gasteiger partial charge in [0.15, 0.2) is 0 Å². The fourth-order valence-corrected chi connectivity index (χ4v) is 2.78. The molecule has 1 nitrogen and oxygen atoms in total. The molecule has 2 rings (SSSR count). The summed E-state index contributed by atoms with van der Waals surface area (Å²) < 4.78 is 0. The first kappa shape index (κ1) is 15.3. The number of benzene rings is 2. The fraction of sp³-hybridized carbons (Fsp3) is 0.294. The lowest BCUT2D eigenvalue weighted by Gasteiger charge is -2.08. The third-order valence-corrected chi connectivity index (χ3v) is 4.36. The maximum atomic E-state index is 5.86. The van der Waals surface area contributed by atoms with Gasteiger partial charge in [-0.05, 0) is 47.9 Å². The quantitative estimate of drug-likeness (QED) is 0.545. The zero-order valence-corrected chi connectivity index (χ0v) is 13.5. The summed E-state index contributed by atoms with van der Waals surface area (Å²) in [5, 5.41) is 4.17. The average Bonchev–Trinajstić information content (AvgIpc) is 2.46. The van der Waals surface area contributed by atoms with Crippen LogP contribution in [0.4, 0.5) is 5.69 Å². The van der Waals surface area contributed by atoms with Crippen molar-refractivity contribution in [1.82, 2.24) is 0 Å². The van der Waals surface area contributed by atoms with Crippen LogP contribution in [-0.2, 0) is 0 Å². The van der Waals surface area contributed by atoms with Crippen molar-refractivity contribution in [2.75, 3.05) is 17.6 Å². The molecule has 2 aromatic rings. The molecule has 20 heavy (non-hydrogen) atoms. The minimum Gasteiger partial charge on any atom is -0.384 e. The molecule has 1 N–H and O–H groups in total. The molecule has 0 aliphatic carbocycles. The van der Waals surface area contributed by atoms with Gasteiger partial charge in [0.1, 0.15) is 0 Å². The van der Waals surface area contributed by atoms with Crippen molar-refractivity contribution in [2.24, 2.45) is 0 Å². The van der Waals surface area contributed by atoms with Crippen LogP contribution >= 0.6 is 23.4 Å². The van der Waals surface area contributed by atoms with Crippen LogP contribution in [0.1, 0.15) is 25.3 Å². The van der Waals surface area contributed by atoms with E-state index in [1.165, 1.54) is 10.5 Å². The Morgan fingerprint density at radius 1 is 1.00 bits per heavy atom. The predicted molar refractivity (Wildman–Crippen MR) is 91.2 cm³/mol. The molecule has 0 spiro atoms. The predicted octanol–water partition coefficient (Wildman–Crippen LogP) is 5.67. The molecule has 0 aliphatic rings. The lowest BCUT2D eigenvalue weighted by molar-refractivity contribution is 0.865. The van der Waals surface area contributed by atoms with E-state index in [2.05, 4.69) is 43.4 Å². The maximum Gasteiger partial charge on any atom is 0.0407 e. The van der Waals surface area contributed by atoms with Crippen LogP contribution in [0.15, 0.2) is 53.4 Å². The lowest BCUT2D eigenvalue weighted by atomic mass is 10.0. The van der Waals surface area contributed by atoms with Crippen molar-refractivity contribution in [3.05, 3.63) is 59.1 Å². The Morgan fingerprint density at radius 3 is 2.25 bits per heavy atom. The van der Waals surface area contributed by atoms with Gasteiger partial charge in [0.2, 0.25) is 0 Å². The lowest BCUT2D eigenvalue weighted by Crippen LogP contribution is -2.03. The summed E-state index contributed by atoms with van der Waals surface area (Å²) in [7, 11) is 0. The van der Waals surface area contributed by atoms with E-state index < -0.39 is 0 Å². The van der Waals surface area contributed by atoms with Crippen LogP contribution in [0.3, 0.4) is 0 Å². The van der Waals surface area contributed by atoms with Crippen molar-refractivity contribution in [2.45, 2.75) is 24.7 Å². The Hall–Kier alpha value is -1.12. The molecule has 106 valence electrons. The highest BCUT2D eigenvalue weighted by Gasteiger charge is 1.99. The molecule has 2 aromatic carbocycles. The minimum atomic E-state index is 0.598. The van der Waals surface area contributed by atoms with E-state index >= 15 is 0 Å². The number of rotatable bonds is 6. The van der Waals surface area contributed by atoms with Crippen LogP contribution in [0, 0.1) is 0 Å². The number of hydrogen-bond acceptors (Lipinski definition) is 2. The van der Waals surface area contributed by atoms with Crippen molar-refractivity contribution < 1.29 is 0 Å². The summed E-state index contributed by atoms with van der Waals surface area (Å²) in [5.74, 6) is 1.64. The summed E-state index contributed by atoms with van der Waals surface area (Å²) >= 11 is 7.73. The summed E-state index contributed by atoms with van der Waals surface area (Å²) in [6, 6.07) is 16.7. The van der Waals surface area contributed by atoms with Crippen molar-refractivity contribution >= 4 is 29.1 Å². The van der Waals surface area contributed by atoms with E-state index in [9.17, 15) is 0 Å². The fourth-order valence-electron chi connectivity index (χ4n) is 1.88. The van der Waals surface area contributed by atoms with Gasteiger partial charge in [-0.3, -0.25) is 0 Å². The van der Waals surface area contributed by atoms with Crippen LogP contribution in [0.2, 0.25) is 5.02 Å². The molecule has 0 saturated carbocycles. The molecule has 0 saturated heterocycles. The Balaban J connectivity index is 1.74. The second-order valence-corrected chi connectivity index (χ2v) is 6.61. The van der Waals surface area contributed by atoms with Gasteiger partial charge in [0, 0.05) is 27.9 Å². The summed E-state index contributed by atoms with van der Waals surface area (Å²) in [6.45, 7) is 5.38. The van der Waals surface area contributed by atoms with Gasteiger partial charge in [-0.25, -0.2) is 0 Å². The molecule has 0 radical (unpaired) electrons. The largest absolute Gasteiger partial charge is 0.384 e. The Labute approximate surface area is 130 Å². The van der Waals surface area contributed by atoms with Crippen LogP contribution in [0.25, 0.3) is 0 Å². The molecule has 0 aliphatic heterocycles. The molecule has 0 amide bonds. The zero-order chi connectivity index (χ0) is 14.4. The van der Waals surface area contributed by atoms with Gasteiger partial charge < -0.3 is 5.32 Å². The van der Waals surface area contributed by atoms with Crippen LogP contribution in [-0.4, -0.2) is 12.3 Å². The van der Waals surface area contributed by atoms with Crippen LogP contribution < -0.4 is 5.32 Å². The SMILES string of the molecule is CC(C)c1ccc(SCCNc2ccc(Cl)cc2)cc1. The zero-order valence-electron chi connectivity index (χ0n) is 11.9. The molecule has 0 aromatic heterocycles. The highest BCUT2D eigenvalue weighted by molar-refractivity contribution is 7.99. The number of thioether (sulfide) groups is 1. The van der Waals surface area contributed by atoms with Gasteiger partial charge in [-0.2, -0.15) is 0 Å². The van der Waals surface area contributed by atoms with Gasteiger partial charge in [-0.1, -0.05) is 37.6 Å². The normalized spacial score (nSPS) is 10.8. The first-order valence-electron chi connectivity index (χ1n) is 6.87. The van der Waals surface area contributed by atoms with Gasteiger partial charge >= 0.3 is 0 Å². The Morgan fingerprint density at radius 2 is 1.65 bits per heavy atom. The second-order valence-electron chi connectivity index (χ2n) is 5.01. The molecule has 0 atom stereocenters. The summed E-state index contributed by atoms with van der Waals surface area (Å²) in [6.07, 6.45) is 0. The average molecular weight is 306 g/mol. The van der Waals surface area contributed by atoms with E-state index in [0.717, 1.165) is 23.0 Å². The van der Waals surface area contributed by atoms with Crippen molar-refractivity contribution in [1.29, 1.82) is 0 Å². The number of nitrogens with one attached hydrogen (secondary N) is 1. The Kier molecular flexibility index (Phi) is 5.81. The van der Waals surface area contributed by atoms with E-state index in [4.69, 9.17) is 11.6 Å². The number of halogens is 1. The van der Waals surface area contributed by atoms with Crippen molar-refractivity contribution in [3.8, 4) is 0 Å². The van der Waals surface area contributed by atoms with E-state index in [1.807, 2.05) is 36.0 Å². The third-order valence-electron chi connectivity index (χ3n) is 3.09. The molecular formula is C17H20ClNS. The molecule has 3 heteroatoms. The summed E-state index contributed by atoms with van der Waals surface area (Å²) in [5.41, 5.74) is 2.51. The molecule has 0 unspecified atom stereocenters. The molecule has 0 bridgehead atoms. The highest BCUT2D eigenvalue weighted by Crippen LogP contribution is 2.21. The number of anilines is 1. The molecule has 0 fully saturated rings. The topological polar surface area (TPSA) is 12.0 Å². The Bertz CT molecular complexity index is 520. The third kappa shape index (κ3) is 4.77. The first-order valence-corrected chi connectivity index (χ1v) is 8.24. The monoisotopic (exact) mass is 305 g/mol. The van der Waals surface area contributed by atoms with Gasteiger partial charge in [0.25, 0.3) is 0 Å². The van der Waals surface area contributed by atoms with Crippen LogP contribution in [0.5, 0.6) is 0 Å². The van der Waals surface area contributed by atoms with E-state index in [1.54, 1.807) is 0 Å². The maximum absolute atomic E-state index is 5.86. The van der Waals surface area contributed by atoms with Crippen molar-refractivity contribution in [3.63, 3.8) is 0 Å². The smallest absolute Gasteiger partial charge is 0.0407 e. The van der Waals surface area contributed by atoms with Gasteiger partial charge in [0.05, 0.1) is 0 Å². The van der Waals surface area contributed by atoms with E-state index in [0.29, 0.717) is 5.92 Å². The highest BCUT2D eigenvalue weighted by atomic mass is 35.5. The molecular weight excluding hydrogens is 286 g/mol. The standard InChI is InChI=1S/C17H20ClNS/c1-13(2)14-3-9-17(10-4-14)20-12-11-19-16-7-5-15(18)6-8-16/h3-10,13,19H,11-12H2,1-2H3. The minimum absolute atomic E-state index is 0.598. The first-order chi connectivity index (χ1) is 9.65. The molecule has 0 heterocycles. The van der Waals surface area contributed by atoms with E-state index in [-0.39, 0.29) is 0 Å². The summed E-state index contributed by atoms with van der Waals surface area (Å²) in [4.78, 5) is 1.33. The second kappa shape index (κ2) is 7.61. The number of hydrogen-bond donors (Lipinski definition) is 1.